The number of nitrogens with one attached hydrogen (secondary N) is 1. The number of anilines is 1. The van der Waals surface area contributed by atoms with E-state index in [-0.39, 0.29) is 10.7 Å². The van der Waals surface area contributed by atoms with Crippen LogP contribution in [0.4, 0.5) is 18.9 Å². The Labute approximate surface area is 144 Å². The van der Waals surface area contributed by atoms with Crippen molar-refractivity contribution in [3.63, 3.8) is 0 Å². The summed E-state index contributed by atoms with van der Waals surface area (Å²) in [5.41, 5.74) is -0.571. The molecule has 2 aromatic carbocycles. The molecular formula is C14H8ClF3NO5S-. The van der Waals surface area contributed by atoms with Gasteiger partial charge in [0.25, 0.3) is 10.0 Å². The monoisotopic (exact) mass is 394 g/mol. The molecule has 0 aliphatic heterocycles. The zero-order valence-electron chi connectivity index (χ0n) is 12.0. The molecule has 0 aliphatic rings. The molecule has 0 aliphatic carbocycles. The first kappa shape index (κ1) is 18.9. The van der Waals surface area contributed by atoms with Crippen molar-refractivity contribution in [2.45, 2.75) is 11.3 Å². The molecule has 134 valence electrons. The molecule has 0 bridgehead atoms. The number of carbonyl (C=O) groups is 1. The lowest BCUT2D eigenvalue weighted by Crippen LogP contribution is -2.23. The summed E-state index contributed by atoms with van der Waals surface area (Å²) in [7, 11) is -4.20. The van der Waals surface area contributed by atoms with Crippen molar-refractivity contribution in [1.82, 2.24) is 0 Å². The number of carboxylic acid groups (broad SMARTS) is 1. The summed E-state index contributed by atoms with van der Waals surface area (Å²) in [4.78, 5) is 10.5. The van der Waals surface area contributed by atoms with E-state index in [2.05, 4.69) is 9.46 Å². The summed E-state index contributed by atoms with van der Waals surface area (Å²) >= 11 is 5.63. The Bertz CT molecular complexity index is 898. The number of ether oxygens (including phenoxy) is 1. The number of alkyl halides is 3. The van der Waals surface area contributed by atoms with Gasteiger partial charge >= 0.3 is 6.36 Å². The molecule has 6 nitrogen and oxygen atoms in total. The highest BCUT2D eigenvalue weighted by Crippen LogP contribution is 2.26. The number of rotatable bonds is 5. The van der Waals surface area contributed by atoms with Crippen LogP contribution in [0.3, 0.4) is 0 Å². The Kier molecular flexibility index (Phi) is 5.14. The predicted molar refractivity (Wildman–Crippen MR) is 79.7 cm³/mol. The van der Waals surface area contributed by atoms with Gasteiger partial charge in [-0.15, -0.1) is 13.2 Å². The molecule has 25 heavy (non-hydrogen) atoms. The van der Waals surface area contributed by atoms with Crippen molar-refractivity contribution in [3.05, 3.63) is 53.1 Å². The van der Waals surface area contributed by atoms with Crippen molar-refractivity contribution in [2.75, 3.05) is 4.72 Å². The van der Waals surface area contributed by atoms with Gasteiger partial charge in [-0.3, -0.25) is 4.72 Å². The minimum absolute atomic E-state index is 0.0560. The van der Waals surface area contributed by atoms with Crippen LogP contribution >= 0.6 is 11.6 Å². The standard InChI is InChI=1S/C14H9ClF3NO5S/c15-12-6-5-10(7-11(12)13(20)21)25(22,23)19-8-1-3-9(4-2-8)24-14(16,17)18/h1-7,19H,(H,20,21)/p-1. The van der Waals surface area contributed by atoms with Gasteiger partial charge in [0.2, 0.25) is 0 Å². The molecule has 0 radical (unpaired) electrons. The molecule has 0 unspecified atom stereocenters. The highest BCUT2D eigenvalue weighted by Gasteiger charge is 2.31. The van der Waals surface area contributed by atoms with Crippen LogP contribution in [0, 0.1) is 0 Å². The van der Waals surface area contributed by atoms with E-state index in [0.717, 1.165) is 42.5 Å². The van der Waals surface area contributed by atoms with E-state index in [1.807, 2.05) is 0 Å². The van der Waals surface area contributed by atoms with Crippen molar-refractivity contribution >= 4 is 33.3 Å². The molecule has 0 atom stereocenters. The number of aromatic carboxylic acids is 1. The largest absolute Gasteiger partial charge is 0.573 e. The number of hydrogen-bond donors (Lipinski definition) is 1. The van der Waals surface area contributed by atoms with Crippen LogP contribution in [0.2, 0.25) is 5.02 Å². The molecule has 11 heteroatoms. The van der Waals surface area contributed by atoms with Gasteiger partial charge in [-0.2, -0.15) is 0 Å². The lowest BCUT2D eigenvalue weighted by atomic mass is 10.2. The fourth-order valence-electron chi connectivity index (χ4n) is 1.77. The third-order valence-electron chi connectivity index (χ3n) is 2.81. The Balaban J connectivity index is 2.24. The predicted octanol–water partition coefficient (Wildman–Crippen LogP) is 2.40. The highest BCUT2D eigenvalue weighted by molar-refractivity contribution is 7.92. The minimum Gasteiger partial charge on any atom is -0.545 e. The fraction of sp³-hybridized carbons (Fsp3) is 0.0714. The molecule has 0 aromatic heterocycles. The lowest BCUT2D eigenvalue weighted by molar-refractivity contribution is -0.274. The van der Waals surface area contributed by atoms with Gasteiger partial charge in [0.05, 0.1) is 10.9 Å². The van der Waals surface area contributed by atoms with Crippen molar-refractivity contribution < 1.29 is 36.2 Å². The first-order valence-electron chi connectivity index (χ1n) is 6.37. The summed E-state index contributed by atoms with van der Waals surface area (Å²) in [6, 6.07) is 6.88. The van der Waals surface area contributed by atoms with Gasteiger partial charge in [-0.1, -0.05) is 11.6 Å². The Hall–Kier alpha value is -2.46. The van der Waals surface area contributed by atoms with Crippen LogP contribution in [0.5, 0.6) is 5.75 Å². The number of sulfonamides is 1. The van der Waals surface area contributed by atoms with E-state index in [4.69, 9.17) is 11.6 Å². The van der Waals surface area contributed by atoms with Crippen LogP contribution in [0.15, 0.2) is 47.4 Å². The van der Waals surface area contributed by atoms with Gasteiger partial charge in [-0.25, -0.2) is 8.42 Å². The summed E-state index contributed by atoms with van der Waals surface area (Å²) in [5.74, 6) is -2.18. The molecule has 0 spiro atoms. The molecule has 2 aromatic rings. The quantitative estimate of drug-likeness (QED) is 0.840. The Morgan fingerprint density at radius 1 is 1.12 bits per heavy atom. The second kappa shape index (κ2) is 6.81. The molecule has 0 heterocycles. The second-order valence-corrected chi connectivity index (χ2v) is 6.70. The van der Waals surface area contributed by atoms with E-state index in [9.17, 15) is 31.5 Å². The second-order valence-electron chi connectivity index (χ2n) is 4.61. The van der Waals surface area contributed by atoms with E-state index < -0.39 is 38.6 Å². The summed E-state index contributed by atoms with van der Waals surface area (Å²) in [6.07, 6.45) is -4.87. The highest BCUT2D eigenvalue weighted by atomic mass is 35.5. The van der Waals surface area contributed by atoms with Crippen molar-refractivity contribution in [2.24, 2.45) is 0 Å². The number of carboxylic acids is 1. The fourth-order valence-corrected chi connectivity index (χ4v) is 3.05. The first-order valence-corrected chi connectivity index (χ1v) is 8.23. The van der Waals surface area contributed by atoms with Crippen molar-refractivity contribution in [1.29, 1.82) is 0 Å². The van der Waals surface area contributed by atoms with Gasteiger partial charge in [-0.05, 0) is 42.5 Å². The van der Waals surface area contributed by atoms with Gasteiger partial charge < -0.3 is 14.6 Å². The van der Waals surface area contributed by atoms with E-state index in [1.54, 1.807) is 0 Å². The van der Waals surface area contributed by atoms with Gasteiger partial charge in [0.1, 0.15) is 5.75 Å². The summed E-state index contributed by atoms with van der Waals surface area (Å²) < 4.78 is 66.4. The Morgan fingerprint density at radius 2 is 1.72 bits per heavy atom. The molecular weight excluding hydrogens is 387 g/mol. The van der Waals surface area contributed by atoms with Crippen LogP contribution < -0.4 is 14.6 Å². The molecule has 0 fully saturated rings. The van der Waals surface area contributed by atoms with Crippen LogP contribution in [0.1, 0.15) is 10.4 Å². The lowest BCUT2D eigenvalue weighted by Gasteiger charge is -2.12. The van der Waals surface area contributed by atoms with Crippen LogP contribution in [-0.4, -0.2) is 20.7 Å². The van der Waals surface area contributed by atoms with E-state index in [0.29, 0.717) is 0 Å². The van der Waals surface area contributed by atoms with Gasteiger partial charge in [0, 0.05) is 16.3 Å². The van der Waals surface area contributed by atoms with E-state index >= 15 is 0 Å². The molecule has 0 amide bonds. The Morgan fingerprint density at radius 3 is 2.24 bits per heavy atom. The SMILES string of the molecule is O=C([O-])c1cc(S(=O)(=O)Nc2ccc(OC(F)(F)F)cc2)ccc1Cl. The first-order chi connectivity index (χ1) is 11.5. The number of hydrogen-bond acceptors (Lipinski definition) is 5. The normalized spacial score (nSPS) is 11.8. The maximum atomic E-state index is 12.2. The summed E-state index contributed by atoms with van der Waals surface area (Å²) in [6.45, 7) is 0. The number of halogens is 4. The number of carbonyl (C=O) groups excluding carboxylic acids is 1. The minimum atomic E-state index is -4.87. The third kappa shape index (κ3) is 5.00. The topological polar surface area (TPSA) is 95.5 Å². The van der Waals surface area contributed by atoms with Crippen LogP contribution in [-0.2, 0) is 10.0 Å². The smallest absolute Gasteiger partial charge is 0.545 e. The van der Waals surface area contributed by atoms with Gasteiger partial charge in [0.15, 0.2) is 0 Å². The average molecular weight is 395 g/mol. The maximum Gasteiger partial charge on any atom is 0.573 e. The van der Waals surface area contributed by atoms with Crippen LogP contribution in [0.25, 0.3) is 0 Å². The zero-order valence-corrected chi connectivity index (χ0v) is 13.6. The maximum absolute atomic E-state index is 12.2. The van der Waals surface area contributed by atoms with E-state index in [1.165, 1.54) is 0 Å². The molecule has 2 rings (SSSR count). The van der Waals surface area contributed by atoms with Crippen molar-refractivity contribution in [3.8, 4) is 5.75 Å². The average Bonchev–Trinajstić information content (AvgIpc) is 2.47. The molecule has 0 saturated heterocycles. The summed E-state index contributed by atoms with van der Waals surface area (Å²) in [5, 5.41) is 10.7. The molecule has 0 saturated carbocycles. The third-order valence-corrected chi connectivity index (χ3v) is 4.52. The molecule has 1 N–H and O–H groups in total. The number of benzene rings is 2. The zero-order chi connectivity index (χ0) is 18.8.